The molecule has 0 saturated heterocycles. The van der Waals surface area contributed by atoms with Gasteiger partial charge in [0.05, 0.1) is 36.4 Å². The fraction of sp³-hybridized carbons (Fsp3) is 0.176. The van der Waals surface area contributed by atoms with Crippen molar-refractivity contribution in [3.63, 3.8) is 0 Å². The number of ether oxygens (including phenoxy) is 2. The van der Waals surface area contributed by atoms with Crippen LogP contribution in [0.1, 0.15) is 116 Å². The maximum Gasteiger partial charge on any atom is 0.569 e. The molecule has 82 heavy (non-hydrogen) atoms. The van der Waals surface area contributed by atoms with E-state index in [1.165, 1.54) is 5.56 Å². The standard InChI is InChI=1S/C34H32N2O3.C25H23BrN2O.C9H10BO4/c1-3-31(25-10-6-5-7-11-25)35-33(37)28-18-19-32-27(22-28)20-21-36(32)23-29-12-8-9-13-30(29)24-14-16-26(17-15-24)34(38)39-4-2;1-2-23(18-8-4-3-5-9-18)27-25(29)20-12-13-24-19(16-20)14-15-28(24)17-21-10-6-7-11-22(21)26;1-2-13-9(11)7-3-5-8(6-4-7)14-10-12/h5-22,31H,3-4,23H2,1-2H3,(H,35,37);3-16,23H,2,17H2,1H3,(H,27,29);3-6,12H,2H2,1H3. The molecule has 2 aromatic heterocycles. The molecule has 0 aliphatic carbocycles. The van der Waals surface area contributed by atoms with Gasteiger partial charge < -0.3 is 38.9 Å². The number of benzene rings is 8. The molecule has 0 spiro atoms. The van der Waals surface area contributed by atoms with Crippen LogP contribution in [0.5, 0.6) is 5.75 Å². The number of nitrogens with zero attached hydrogens (tertiary/aromatic N) is 2. The van der Waals surface area contributed by atoms with Crippen LogP contribution in [0.3, 0.4) is 0 Å². The van der Waals surface area contributed by atoms with E-state index in [1.807, 2.05) is 133 Å². The van der Waals surface area contributed by atoms with Crippen LogP contribution in [0.2, 0.25) is 0 Å². The van der Waals surface area contributed by atoms with Gasteiger partial charge in [0.1, 0.15) is 5.75 Å². The van der Waals surface area contributed by atoms with Crippen LogP contribution >= 0.6 is 15.9 Å². The fourth-order valence-electron chi connectivity index (χ4n) is 9.53. The number of halogens is 1. The average Bonchev–Trinajstić information content (AvgIpc) is 4.12. The van der Waals surface area contributed by atoms with E-state index in [2.05, 4.69) is 115 Å². The van der Waals surface area contributed by atoms with Gasteiger partial charge in [-0.05, 0) is 151 Å². The van der Waals surface area contributed by atoms with E-state index in [0.29, 0.717) is 55.4 Å². The van der Waals surface area contributed by atoms with Gasteiger partial charge in [0, 0.05) is 62.9 Å². The summed E-state index contributed by atoms with van der Waals surface area (Å²) in [6.45, 7) is 9.87. The molecule has 0 aliphatic heterocycles. The molecule has 415 valence electrons. The number of aromatic nitrogens is 2. The molecule has 1 radical (unpaired) electrons. The topological polar surface area (TPSA) is 150 Å². The van der Waals surface area contributed by atoms with Gasteiger partial charge >= 0.3 is 19.6 Å². The normalized spacial score (nSPS) is 11.4. The van der Waals surface area contributed by atoms with E-state index < -0.39 is 0 Å². The van der Waals surface area contributed by atoms with Gasteiger partial charge in [-0.25, -0.2) is 9.59 Å². The van der Waals surface area contributed by atoms with E-state index in [1.54, 1.807) is 38.1 Å². The predicted octanol–water partition coefficient (Wildman–Crippen LogP) is 14.5. The van der Waals surface area contributed by atoms with Gasteiger partial charge in [-0.2, -0.15) is 0 Å². The fourth-order valence-corrected chi connectivity index (χ4v) is 9.94. The van der Waals surface area contributed by atoms with Gasteiger partial charge in [-0.3, -0.25) is 9.59 Å². The van der Waals surface area contributed by atoms with Crippen LogP contribution in [0.4, 0.5) is 0 Å². The first-order valence-electron chi connectivity index (χ1n) is 27.4. The van der Waals surface area contributed by atoms with Gasteiger partial charge in [0.25, 0.3) is 11.8 Å². The summed E-state index contributed by atoms with van der Waals surface area (Å²) in [5.41, 5.74) is 11.3. The van der Waals surface area contributed by atoms with Crippen molar-refractivity contribution in [1.82, 2.24) is 19.8 Å². The molecule has 3 N–H and O–H groups in total. The Morgan fingerprint density at radius 2 is 0.927 bits per heavy atom. The molecule has 0 bridgehead atoms. The van der Waals surface area contributed by atoms with E-state index in [9.17, 15) is 19.2 Å². The van der Waals surface area contributed by atoms with Crippen molar-refractivity contribution < 1.29 is 38.3 Å². The Morgan fingerprint density at radius 1 is 0.500 bits per heavy atom. The smallest absolute Gasteiger partial charge is 0.537 e. The SMILES string of the molecule is CCC(NC(=O)c1ccc2c(ccn2Cc2ccccc2Br)c1)c1ccccc1.CCOC(=O)c1ccc(-c2ccccc2Cn2ccc3cc(C(=O)NC(CC)c4ccccc4)ccc32)cc1.CCOC(=O)c1ccc(O[B]O)cc1. The van der Waals surface area contributed by atoms with Crippen LogP contribution < -0.4 is 15.3 Å². The number of carbonyl (C=O) groups excluding carboxylic acids is 4. The second-order valence-electron chi connectivity index (χ2n) is 19.1. The molecule has 2 unspecified atom stereocenters. The van der Waals surface area contributed by atoms with Crippen LogP contribution in [0.15, 0.2) is 223 Å². The van der Waals surface area contributed by atoms with Gasteiger partial charge in [-0.1, -0.05) is 145 Å². The Balaban J connectivity index is 0.000000179. The van der Waals surface area contributed by atoms with Gasteiger partial charge in [0.2, 0.25) is 0 Å². The summed E-state index contributed by atoms with van der Waals surface area (Å²) < 4.78 is 20.1. The van der Waals surface area contributed by atoms with Crippen LogP contribution in [-0.2, 0) is 22.6 Å². The lowest BCUT2D eigenvalue weighted by Crippen LogP contribution is -2.28. The van der Waals surface area contributed by atoms with E-state index in [4.69, 9.17) is 14.5 Å². The predicted molar refractivity (Wildman–Crippen MR) is 329 cm³/mol. The zero-order valence-corrected chi connectivity index (χ0v) is 47.9. The Kier molecular flexibility index (Phi) is 21.3. The number of hydrogen-bond acceptors (Lipinski definition) is 8. The lowest BCUT2D eigenvalue weighted by Gasteiger charge is -2.17. The second-order valence-corrected chi connectivity index (χ2v) is 20.0. The first-order valence-corrected chi connectivity index (χ1v) is 28.2. The molecule has 10 aromatic rings. The van der Waals surface area contributed by atoms with Crippen LogP contribution in [-0.4, -0.2) is 58.8 Å². The second kappa shape index (κ2) is 29.5. The Bertz CT molecular complexity index is 3720. The molecule has 10 rings (SSSR count). The van der Waals surface area contributed by atoms with Crippen molar-refractivity contribution in [1.29, 1.82) is 0 Å². The Morgan fingerprint density at radius 3 is 1.39 bits per heavy atom. The summed E-state index contributed by atoms with van der Waals surface area (Å²) in [7, 11) is 0.583. The molecular formula is C68H65BBrN4O8. The molecule has 0 aliphatic rings. The van der Waals surface area contributed by atoms with E-state index in [0.717, 1.165) is 73.5 Å². The highest BCUT2D eigenvalue weighted by atomic mass is 79.9. The minimum atomic E-state index is -0.368. The Hall–Kier alpha value is -8.98. The van der Waals surface area contributed by atoms with Crippen molar-refractivity contribution in [2.24, 2.45) is 0 Å². The summed E-state index contributed by atoms with van der Waals surface area (Å²) in [6, 6.07) is 66.4. The van der Waals surface area contributed by atoms with Crippen molar-refractivity contribution in [2.75, 3.05) is 13.2 Å². The summed E-state index contributed by atoms with van der Waals surface area (Å²) >= 11 is 3.62. The minimum Gasteiger partial charge on any atom is -0.537 e. The van der Waals surface area contributed by atoms with Crippen molar-refractivity contribution in [2.45, 2.75) is 65.7 Å². The molecule has 2 atom stereocenters. The molecular weight excluding hydrogens is 1090 g/mol. The number of nitrogens with one attached hydrogen (secondary N) is 2. The van der Waals surface area contributed by atoms with Crippen LogP contribution in [0, 0.1) is 0 Å². The monoisotopic (exact) mass is 1160 g/mol. The zero-order valence-electron chi connectivity index (χ0n) is 46.3. The lowest BCUT2D eigenvalue weighted by atomic mass is 9.98. The molecule has 8 aromatic carbocycles. The van der Waals surface area contributed by atoms with E-state index in [-0.39, 0.29) is 35.8 Å². The number of esters is 2. The van der Waals surface area contributed by atoms with Gasteiger partial charge in [0.15, 0.2) is 0 Å². The summed E-state index contributed by atoms with van der Waals surface area (Å²) in [5.74, 6) is -0.333. The first kappa shape index (κ1) is 59.2. The first-order chi connectivity index (χ1) is 40.0. The number of hydrogen-bond donors (Lipinski definition) is 3. The molecule has 12 nitrogen and oxygen atoms in total. The highest BCUT2D eigenvalue weighted by molar-refractivity contribution is 9.10. The zero-order chi connectivity index (χ0) is 57.8. The summed E-state index contributed by atoms with van der Waals surface area (Å²) in [6.07, 6.45) is 5.80. The highest BCUT2D eigenvalue weighted by Gasteiger charge is 2.18. The molecule has 14 heteroatoms. The van der Waals surface area contributed by atoms with E-state index >= 15 is 0 Å². The maximum atomic E-state index is 13.1. The van der Waals surface area contributed by atoms with Crippen molar-refractivity contribution in [3.05, 3.63) is 268 Å². The molecule has 2 heterocycles. The number of fused-ring (bicyclic) bond motifs is 2. The van der Waals surface area contributed by atoms with Crippen molar-refractivity contribution >= 4 is 69.2 Å². The molecule has 2 amide bonds. The number of amides is 2. The minimum absolute atomic E-state index is 0.0134. The third-order valence-electron chi connectivity index (χ3n) is 13.8. The largest absolute Gasteiger partial charge is 0.569 e. The number of carbonyl (C=O) groups is 4. The average molecular weight is 1160 g/mol. The molecule has 0 fully saturated rings. The number of rotatable bonds is 19. The lowest BCUT2D eigenvalue weighted by molar-refractivity contribution is 0.0516. The molecule has 0 saturated carbocycles. The highest BCUT2D eigenvalue weighted by Crippen LogP contribution is 2.29. The summed E-state index contributed by atoms with van der Waals surface area (Å²) in [5, 5.41) is 16.8. The quantitative estimate of drug-likeness (QED) is 0.0535. The Labute approximate surface area is 488 Å². The van der Waals surface area contributed by atoms with Crippen molar-refractivity contribution in [3.8, 4) is 16.9 Å². The van der Waals surface area contributed by atoms with Crippen LogP contribution in [0.25, 0.3) is 32.9 Å². The maximum absolute atomic E-state index is 13.1. The third-order valence-corrected chi connectivity index (χ3v) is 14.6. The summed E-state index contributed by atoms with van der Waals surface area (Å²) in [4.78, 5) is 49.2. The van der Waals surface area contributed by atoms with Gasteiger partial charge in [-0.15, -0.1) is 0 Å². The third kappa shape index (κ3) is 15.5.